The fourth-order valence-corrected chi connectivity index (χ4v) is 2.85. The van der Waals surface area contributed by atoms with Crippen molar-refractivity contribution in [1.82, 2.24) is 4.90 Å². The van der Waals surface area contributed by atoms with Crippen molar-refractivity contribution in [2.75, 3.05) is 19.6 Å². The van der Waals surface area contributed by atoms with Gasteiger partial charge in [-0.15, -0.1) is 0 Å². The van der Waals surface area contributed by atoms with Gasteiger partial charge in [-0.1, -0.05) is 24.3 Å². The second-order valence-electron chi connectivity index (χ2n) is 7.02. The van der Waals surface area contributed by atoms with Crippen molar-refractivity contribution in [2.24, 2.45) is 5.73 Å². The Morgan fingerprint density at radius 1 is 1.23 bits per heavy atom. The topological polar surface area (TPSA) is 55.6 Å². The van der Waals surface area contributed by atoms with E-state index in [1.165, 1.54) is 11.1 Å². The lowest BCUT2D eigenvalue weighted by Crippen LogP contribution is -2.41. The number of benzene rings is 1. The maximum atomic E-state index is 12.1. The van der Waals surface area contributed by atoms with Crippen LogP contribution < -0.4 is 5.73 Å². The number of amides is 1. The van der Waals surface area contributed by atoms with Crippen molar-refractivity contribution in [3.05, 3.63) is 35.4 Å². The van der Waals surface area contributed by atoms with E-state index >= 15 is 0 Å². The quantitative estimate of drug-likeness (QED) is 0.932. The maximum absolute atomic E-state index is 12.1. The molecule has 2 N–H and O–H groups in total. The summed E-state index contributed by atoms with van der Waals surface area (Å²) in [6.07, 6.45) is 2.73. The lowest BCUT2D eigenvalue weighted by Gasteiger charge is -2.33. The van der Waals surface area contributed by atoms with Gasteiger partial charge in [0.2, 0.25) is 0 Å². The zero-order valence-corrected chi connectivity index (χ0v) is 14.0. The largest absolute Gasteiger partial charge is 0.444 e. The summed E-state index contributed by atoms with van der Waals surface area (Å²) < 4.78 is 5.44. The number of rotatable bonds is 3. The van der Waals surface area contributed by atoms with Gasteiger partial charge in [0.25, 0.3) is 0 Å². The summed E-state index contributed by atoms with van der Waals surface area (Å²) in [6.45, 7) is 7.93. The average molecular weight is 304 g/mol. The van der Waals surface area contributed by atoms with E-state index in [2.05, 4.69) is 24.3 Å². The molecule has 0 spiro atoms. The van der Waals surface area contributed by atoms with E-state index in [4.69, 9.17) is 10.5 Å². The van der Waals surface area contributed by atoms with Crippen LogP contribution in [0.3, 0.4) is 0 Å². The Morgan fingerprint density at radius 2 is 1.82 bits per heavy atom. The summed E-state index contributed by atoms with van der Waals surface area (Å²) in [6, 6.07) is 8.75. The average Bonchev–Trinajstić information content (AvgIpc) is 2.47. The monoisotopic (exact) mass is 304 g/mol. The van der Waals surface area contributed by atoms with Crippen molar-refractivity contribution >= 4 is 6.09 Å². The Labute approximate surface area is 133 Å². The van der Waals surface area contributed by atoms with Crippen LogP contribution in [0.25, 0.3) is 0 Å². The van der Waals surface area contributed by atoms with Gasteiger partial charge in [-0.2, -0.15) is 0 Å². The Morgan fingerprint density at radius 3 is 2.32 bits per heavy atom. The minimum absolute atomic E-state index is 0.191. The van der Waals surface area contributed by atoms with Crippen molar-refractivity contribution in [2.45, 2.75) is 51.6 Å². The normalized spacial score (nSPS) is 16.6. The molecule has 1 heterocycles. The summed E-state index contributed by atoms with van der Waals surface area (Å²) in [5, 5.41) is 0. The second kappa shape index (κ2) is 7.14. The van der Waals surface area contributed by atoms with Crippen LogP contribution >= 0.6 is 0 Å². The SMILES string of the molecule is CC(C)(C)OC(=O)N1CCC(c2ccc(CCN)cc2)CC1. The molecule has 4 heteroatoms. The van der Waals surface area contributed by atoms with E-state index in [-0.39, 0.29) is 6.09 Å². The molecule has 22 heavy (non-hydrogen) atoms. The van der Waals surface area contributed by atoms with Gasteiger partial charge in [0, 0.05) is 13.1 Å². The fourth-order valence-electron chi connectivity index (χ4n) is 2.85. The van der Waals surface area contributed by atoms with E-state index in [0.29, 0.717) is 12.5 Å². The third-order valence-corrected chi connectivity index (χ3v) is 4.03. The van der Waals surface area contributed by atoms with Crippen molar-refractivity contribution in [3.63, 3.8) is 0 Å². The Bertz CT molecular complexity index is 483. The van der Waals surface area contributed by atoms with Gasteiger partial charge in [-0.3, -0.25) is 0 Å². The third kappa shape index (κ3) is 4.73. The fraction of sp³-hybridized carbons (Fsp3) is 0.611. The third-order valence-electron chi connectivity index (χ3n) is 4.03. The van der Waals surface area contributed by atoms with E-state index in [1.807, 2.05) is 25.7 Å². The molecule has 1 aromatic carbocycles. The highest BCUT2D eigenvalue weighted by Crippen LogP contribution is 2.29. The molecule has 0 saturated carbocycles. The second-order valence-corrected chi connectivity index (χ2v) is 7.02. The molecule has 0 atom stereocenters. The highest BCUT2D eigenvalue weighted by Gasteiger charge is 2.27. The van der Waals surface area contributed by atoms with E-state index < -0.39 is 5.60 Å². The first-order chi connectivity index (χ1) is 10.4. The lowest BCUT2D eigenvalue weighted by molar-refractivity contribution is 0.0205. The molecule has 1 saturated heterocycles. The first kappa shape index (κ1) is 16.8. The molecule has 0 aliphatic carbocycles. The number of ether oxygens (including phenoxy) is 1. The first-order valence-corrected chi connectivity index (χ1v) is 8.16. The number of carbonyl (C=O) groups is 1. The van der Waals surface area contributed by atoms with Crippen LogP contribution in [0.2, 0.25) is 0 Å². The molecule has 1 amide bonds. The summed E-state index contributed by atoms with van der Waals surface area (Å²) in [5.74, 6) is 0.533. The summed E-state index contributed by atoms with van der Waals surface area (Å²) in [5.41, 5.74) is 7.81. The molecule has 0 bridgehead atoms. The van der Waals surface area contributed by atoms with Gasteiger partial charge in [-0.25, -0.2) is 4.79 Å². The van der Waals surface area contributed by atoms with E-state index in [9.17, 15) is 4.79 Å². The van der Waals surface area contributed by atoms with Gasteiger partial charge in [0.15, 0.2) is 0 Å². The Hall–Kier alpha value is -1.55. The molecule has 0 unspecified atom stereocenters. The van der Waals surface area contributed by atoms with Gasteiger partial charge < -0.3 is 15.4 Å². The minimum Gasteiger partial charge on any atom is -0.444 e. The molecule has 122 valence electrons. The van der Waals surface area contributed by atoms with Crippen LogP contribution in [0.5, 0.6) is 0 Å². The molecule has 2 rings (SSSR count). The van der Waals surface area contributed by atoms with Crippen LogP contribution in [-0.4, -0.2) is 36.2 Å². The van der Waals surface area contributed by atoms with Crippen molar-refractivity contribution in [1.29, 1.82) is 0 Å². The summed E-state index contributed by atoms with van der Waals surface area (Å²) in [4.78, 5) is 13.9. The standard InChI is InChI=1S/C18H28N2O2/c1-18(2,3)22-17(21)20-12-9-16(10-13-20)15-6-4-14(5-7-15)8-11-19/h4-7,16H,8-13,19H2,1-3H3. The lowest BCUT2D eigenvalue weighted by atomic mass is 9.89. The number of piperidine rings is 1. The predicted molar refractivity (Wildman–Crippen MR) is 89.0 cm³/mol. The van der Waals surface area contributed by atoms with Gasteiger partial charge in [-0.05, 0) is 63.6 Å². The van der Waals surface area contributed by atoms with E-state index in [1.54, 1.807) is 0 Å². The van der Waals surface area contributed by atoms with Gasteiger partial charge in [0.1, 0.15) is 5.60 Å². The zero-order chi connectivity index (χ0) is 16.2. The number of hydrogen-bond acceptors (Lipinski definition) is 3. The predicted octanol–water partition coefficient (Wildman–Crippen LogP) is 3.30. The Balaban J connectivity index is 1.87. The van der Waals surface area contributed by atoms with Crippen molar-refractivity contribution < 1.29 is 9.53 Å². The minimum atomic E-state index is -0.424. The molecule has 1 fully saturated rings. The van der Waals surface area contributed by atoms with Crippen LogP contribution in [0.1, 0.15) is 50.7 Å². The van der Waals surface area contributed by atoms with Gasteiger partial charge >= 0.3 is 6.09 Å². The molecule has 0 aromatic heterocycles. The molecule has 1 aromatic rings. The van der Waals surface area contributed by atoms with Crippen LogP contribution in [-0.2, 0) is 11.2 Å². The zero-order valence-electron chi connectivity index (χ0n) is 14.0. The first-order valence-electron chi connectivity index (χ1n) is 8.16. The number of likely N-dealkylation sites (tertiary alicyclic amines) is 1. The van der Waals surface area contributed by atoms with Crippen LogP contribution in [0.4, 0.5) is 4.79 Å². The molecule has 4 nitrogen and oxygen atoms in total. The summed E-state index contributed by atoms with van der Waals surface area (Å²) >= 11 is 0. The maximum Gasteiger partial charge on any atom is 0.410 e. The smallest absolute Gasteiger partial charge is 0.410 e. The number of carbonyl (C=O) groups excluding carboxylic acids is 1. The number of hydrogen-bond donors (Lipinski definition) is 1. The molecular formula is C18H28N2O2. The highest BCUT2D eigenvalue weighted by molar-refractivity contribution is 5.68. The number of nitrogens with zero attached hydrogens (tertiary/aromatic N) is 1. The Kier molecular flexibility index (Phi) is 5.46. The molecule has 1 aliphatic rings. The van der Waals surface area contributed by atoms with Gasteiger partial charge in [0.05, 0.1) is 0 Å². The van der Waals surface area contributed by atoms with E-state index in [0.717, 1.165) is 32.4 Å². The summed E-state index contributed by atoms with van der Waals surface area (Å²) in [7, 11) is 0. The number of nitrogens with two attached hydrogens (primary N) is 1. The van der Waals surface area contributed by atoms with Crippen molar-refractivity contribution in [3.8, 4) is 0 Å². The van der Waals surface area contributed by atoms with Crippen LogP contribution in [0, 0.1) is 0 Å². The van der Waals surface area contributed by atoms with Crippen LogP contribution in [0.15, 0.2) is 24.3 Å². The highest BCUT2D eigenvalue weighted by atomic mass is 16.6. The molecular weight excluding hydrogens is 276 g/mol. The molecule has 0 radical (unpaired) electrons. The molecule has 1 aliphatic heterocycles.